The monoisotopic (exact) mass is 509 g/mol. The van der Waals surface area contributed by atoms with E-state index in [2.05, 4.69) is 4.99 Å². The predicted octanol–water partition coefficient (Wildman–Crippen LogP) is 4.23. The molecule has 0 unspecified atom stereocenters. The molecule has 0 radical (unpaired) electrons. The SMILES string of the molecule is CCOC(=O)C1=C(C(F)(F)F)N=C2SC=C(CC(=O)N3CCOCC3)N2[C@@H]1c1cc(C)ccc1C. The highest BCUT2D eigenvalue weighted by atomic mass is 32.2. The average molecular weight is 510 g/mol. The standard InChI is InChI=1S/C24H26F3N3O4S/c1-4-34-22(32)19-20(17-11-14(2)5-6-15(17)3)30-16(12-18(31)29-7-9-33-10-8-29)13-35-23(30)28-21(19)24(25,26)27/h5-6,11,13,20H,4,7-10,12H2,1-3H3/t20-/m1/s1. The Balaban J connectivity index is 1.83. The van der Waals surface area contributed by atoms with Gasteiger partial charge in [0.1, 0.15) is 0 Å². The lowest BCUT2D eigenvalue weighted by molar-refractivity contribution is -0.140. The predicted molar refractivity (Wildman–Crippen MR) is 125 cm³/mol. The van der Waals surface area contributed by atoms with Crippen LogP contribution in [0.4, 0.5) is 13.2 Å². The zero-order chi connectivity index (χ0) is 25.3. The fourth-order valence-electron chi connectivity index (χ4n) is 4.32. The van der Waals surface area contributed by atoms with Gasteiger partial charge in [-0.1, -0.05) is 35.5 Å². The third-order valence-electron chi connectivity index (χ3n) is 6.00. The Bertz CT molecular complexity index is 1120. The minimum atomic E-state index is -4.87. The van der Waals surface area contributed by atoms with E-state index in [1.807, 2.05) is 13.0 Å². The molecule has 0 spiro atoms. The molecule has 1 amide bonds. The van der Waals surface area contributed by atoms with E-state index < -0.39 is 29.5 Å². The number of thioether (sulfide) groups is 1. The topological polar surface area (TPSA) is 71.4 Å². The number of halogens is 3. The summed E-state index contributed by atoms with van der Waals surface area (Å²) in [5, 5.41) is 1.71. The highest BCUT2D eigenvalue weighted by molar-refractivity contribution is 8.16. The number of allylic oxidation sites excluding steroid dienone is 1. The van der Waals surface area contributed by atoms with Crippen LogP contribution in [0.3, 0.4) is 0 Å². The third kappa shape index (κ3) is 5.11. The van der Waals surface area contributed by atoms with E-state index in [9.17, 15) is 22.8 Å². The number of fused-ring (bicyclic) bond motifs is 1. The second-order valence-corrected chi connectivity index (χ2v) is 9.24. The van der Waals surface area contributed by atoms with Gasteiger partial charge in [0.25, 0.3) is 0 Å². The Morgan fingerprint density at radius 3 is 2.60 bits per heavy atom. The summed E-state index contributed by atoms with van der Waals surface area (Å²) < 4.78 is 52.9. The smallest absolute Gasteiger partial charge is 0.434 e. The van der Waals surface area contributed by atoms with Crippen molar-refractivity contribution in [2.75, 3.05) is 32.9 Å². The van der Waals surface area contributed by atoms with Crippen molar-refractivity contribution in [3.8, 4) is 0 Å². The van der Waals surface area contributed by atoms with Gasteiger partial charge in [-0.3, -0.25) is 4.79 Å². The number of carbonyl (C=O) groups is 2. The van der Waals surface area contributed by atoms with E-state index in [1.54, 1.807) is 34.3 Å². The van der Waals surface area contributed by atoms with Crippen LogP contribution in [0.5, 0.6) is 0 Å². The van der Waals surface area contributed by atoms with Gasteiger partial charge < -0.3 is 19.3 Å². The summed E-state index contributed by atoms with van der Waals surface area (Å²) in [6, 6.07) is 4.28. The molecule has 1 saturated heterocycles. The first kappa shape index (κ1) is 25.3. The zero-order valence-corrected chi connectivity index (χ0v) is 20.5. The van der Waals surface area contributed by atoms with Gasteiger partial charge in [0, 0.05) is 18.8 Å². The fraction of sp³-hybridized carbons (Fsp3) is 0.458. The molecule has 0 aromatic heterocycles. The maximum Gasteiger partial charge on any atom is 0.434 e. The van der Waals surface area contributed by atoms with Crippen molar-refractivity contribution in [3.63, 3.8) is 0 Å². The van der Waals surface area contributed by atoms with Crippen molar-refractivity contribution in [1.29, 1.82) is 0 Å². The first-order valence-electron chi connectivity index (χ1n) is 11.3. The van der Waals surface area contributed by atoms with Crippen LogP contribution in [-0.4, -0.2) is 65.9 Å². The summed E-state index contributed by atoms with van der Waals surface area (Å²) in [5.74, 6) is -1.24. The van der Waals surface area contributed by atoms with Gasteiger partial charge in [0.15, 0.2) is 10.9 Å². The van der Waals surface area contributed by atoms with E-state index in [0.717, 1.165) is 17.3 Å². The molecule has 0 N–H and O–H groups in total. The van der Waals surface area contributed by atoms with Gasteiger partial charge >= 0.3 is 12.1 Å². The molecular formula is C24H26F3N3O4S. The van der Waals surface area contributed by atoms with Gasteiger partial charge in [-0.05, 0) is 37.3 Å². The summed E-state index contributed by atoms with van der Waals surface area (Å²) in [5.41, 5.74) is 0.696. The lowest BCUT2D eigenvalue weighted by Gasteiger charge is -2.38. The normalized spacial score (nSPS) is 20.5. The van der Waals surface area contributed by atoms with Gasteiger partial charge in [0.2, 0.25) is 5.91 Å². The lowest BCUT2D eigenvalue weighted by atomic mass is 9.89. The van der Waals surface area contributed by atoms with E-state index in [1.165, 1.54) is 6.92 Å². The summed E-state index contributed by atoms with van der Waals surface area (Å²) >= 11 is 1.01. The first-order valence-corrected chi connectivity index (χ1v) is 12.1. The minimum absolute atomic E-state index is 0.0369. The van der Waals surface area contributed by atoms with E-state index in [0.29, 0.717) is 43.1 Å². The van der Waals surface area contributed by atoms with Crippen LogP contribution in [0.1, 0.15) is 36.1 Å². The van der Waals surface area contributed by atoms with Crippen LogP contribution in [-0.2, 0) is 19.1 Å². The van der Waals surface area contributed by atoms with Crippen LogP contribution in [0, 0.1) is 13.8 Å². The third-order valence-corrected chi connectivity index (χ3v) is 6.89. The highest BCUT2D eigenvalue weighted by Gasteiger charge is 2.49. The second kappa shape index (κ2) is 10.1. The molecule has 11 heteroatoms. The Morgan fingerprint density at radius 1 is 1.23 bits per heavy atom. The molecule has 3 aliphatic heterocycles. The van der Waals surface area contributed by atoms with Gasteiger partial charge in [0.05, 0.1) is 37.9 Å². The minimum Gasteiger partial charge on any atom is -0.463 e. The summed E-state index contributed by atoms with van der Waals surface area (Å²) in [6.07, 6.45) is -4.91. The molecule has 1 atom stereocenters. The van der Waals surface area contributed by atoms with Crippen molar-refractivity contribution < 1.29 is 32.2 Å². The maximum absolute atomic E-state index is 14.2. The second-order valence-electron chi connectivity index (χ2n) is 8.40. The fourth-order valence-corrected chi connectivity index (χ4v) is 5.24. The Labute approximate surface area is 205 Å². The zero-order valence-electron chi connectivity index (χ0n) is 19.6. The lowest BCUT2D eigenvalue weighted by Crippen LogP contribution is -2.43. The molecule has 0 aliphatic carbocycles. The van der Waals surface area contributed by atoms with E-state index in [4.69, 9.17) is 9.47 Å². The highest BCUT2D eigenvalue weighted by Crippen LogP contribution is 2.48. The number of aliphatic imine (C=N–C) groups is 1. The Kier molecular flexibility index (Phi) is 7.27. The molecule has 4 rings (SSSR count). The maximum atomic E-state index is 14.2. The molecule has 0 saturated carbocycles. The largest absolute Gasteiger partial charge is 0.463 e. The Morgan fingerprint density at radius 2 is 1.94 bits per heavy atom. The number of carbonyl (C=O) groups excluding carboxylic acids is 2. The quantitative estimate of drug-likeness (QED) is 0.554. The molecule has 0 bridgehead atoms. The molecule has 35 heavy (non-hydrogen) atoms. The molecule has 188 valence electrons. The van der Waals surface area contributed by atoms with Gasteiger partial charge in [-0.2, -0.15) is 13.2 Å². The number of hydrogen-bond acceptors (Lipinski definition) is 7. The molecule has 3 aliphatic rings. The van der Waals surface area contributed by atoms with E-state index >= 15 is 0 Å². The number of hydrogen-bond donors (Lipinski definition) is 0. The number of amides is 1. The van der Waals surface area contributed by atoms with Crippen LogP contribution in [0.15, 0.2) is 45.6 Å². The number of benzene rings is 1. The van der Waals surface area contributed by atoms with Crippen LogP contribution in [0.2, 0.25) is 0 Å². The number of amidine groups is 1. The molecule has 1 fully saturated rings. The molecular weight excluding hydrogens is 483 g/mol. The number of rotatable bonds is 5. The van der Waals surface area contributed by atoms with Crippen molar-refractivity contribution in [2.45, 2.75) is 39.4 Å². The number of ether oxygens (including phenoxy) is 2. The van der Waals surface area contributed by atoms with Crippen LogP contribution < -0.4 is 0 Å². The molecule has 7 nitrogen and oxygen atoms in total. The summed E-state index contributed by atoms with van der Waals surface area (Å²) in [7, 11) is 0. The number of alkyl halides is 3. The van der Waals surface area contributed by atoms with Crippen molar-refractivity contribution in [2.24, 2.45) is 4.99 Å². The Hall–Kier alpha value is -2.79. The van der Waals surface area contributed by atoms with E-state index in [-0.39, 0.29) is 24.1 Å². The van der Waals surface area contributed by atoms with Crippen molar-refractivity contribution in [3.05, 3.63) is 57.3 Å². The number of nitrogens with zero attached hydrogens (tertiary/aromatic N) is 3. The number of esters is 1. The van der Waals surface area contributed by atoms with Crippen molar-refractivity contribution >= 4 is 28.8 Å². The van der Waals surface area contributed by atoms with Gasteiger partial charge in [-0.25, -0.2) is 9.79 Å². The van der Waals surface area contributed by atoms with Crippen molar-refractivity contribution in [1.82, 2.24) is 9.80 Å². The number of morpholine rings is 1. The van der Waals surface area contributed by atoms with Gasteiger partial charge in [-0.15, -0.1) is 0 Å². The average Bonchev–Trinajstić information content (AvgIpc) is 3.22. The number of aryl methyl sites for hydroxylation is 2. The van der Waals surface area contributed by atoms with Crippen LogP contribution >= 0.6 is 11.8 Å². The molecule has 1 aromatic carbocycles. The molecule has 1 aromatic rings. The summed E-state index contributed by atoms with van der Waals surface area (Å²) in [6.45, 7) is 6.83. The van der Waals surface area contributed by atoms with Crippen LogP contribution in [0.25, 0.3) is 0 Å². The first-order chi connectivity index (χ1) is 16.6. The molecule has 3 heterocycles. The summed E-state index contributed by atoms with van der Waals surface area (Å²) in [4.78, 5) is 33.1.